The first kappa shape index (κ1) is 33.8. The van der Waals surface area contributed by atoms with E-state index in [0.29, 0.717) is 32.7 Å². The summed E-state index contributed by atoms with van der Waals surface area (Å²) in [6.45, 7) is 2.88. The lowest BCUT2D eigenvalue weighted by atomic mass is 9.84. The van der Waals surface area contributed by atoms with Crippen molar-refractivity contribution < 1.29 is 49.2 Å². The van der Waals surface area contributed by atoms with Crippen LogP contribution in [0.2, 0.25) is 0 Å². The highest BCUT2D eigenvalue weighted by molar-refractivity contribution is 5.00. The molecule has 236 valence electrons. The Hall–Kier alpha value is -0.680. The Bertz CT molecular complexity index is 728. The third-order valence-corrected chi connectivity index (χ3v) is 7.67. The van der Waals surface area contributed by atoms with Gasteiger partial charge in [0.25, 0.3) is 0 Å². The summed E-state index contributed by atoms with van der Waals surface area (Å²) in [6, 6.07) is -2.69. The summed E-state index contributed by atoms with van der Waals surface area (Å²) < 4.78 is 29.2. The van der Waals surface area contributed by atoms with Gasteiger partial charge < -0.3 is 83.6 Å². The van der Waals surface area contributed by atoms with Crippen LogP contribution in [0.25, 0.3) is 0 Å². The van der Waals surface area contributed by atoms with Crippen molar-refractivity contribution in [2.24, 2.45) is 34.4 Å². The molecule has 0 aromatic rings. The van der Waals surface area contributed by atoms with E-state index in [1.165, 1.54) is 0 Å². The van der Waals surface area contributed by atoms with Crippen molar-refractivity contribution >= 4 is 0 Å². The van der Waals surface area contributed by atoms with Crippen LogP contribution in [-0.4, -0.2) is 169 Å². The maximum absolute atomic E-state index is 11.2. The maximum atomic E-state index is 11.2. The van der Waals surface area contributed by atoms with E-state index < -0.39 is 85.6 Å². The van der Waals surface area contributed by atoms with Crippen LogP contribution in [0.5, 0.6) is 0 Å². The molecule has 0 aromatic carbocycles. The molecule has 0 amide bonds. The Morgan fingerprint density at radius 2 is 1.25 bits per heavy atom. The lowest BCUT2D eigenvalue weighted by molar-refractivity contribution is -0.280. The second-order valence-electron chi connectivity index (χ2n) is 10.6. The van der Waals surface area contributed by atoms with Gasteiger partial charge in [-0.3, -0.25) is 4.90 Å². The Kier molecular flexibility index (Phi) is 13.3. The largest absolute Gasteiger partial charge is 0.389 e. The van der Waals surface area contributed by atoms with Crippen molar-refractivity contribution in [3.05, 3.63) is 0 Å². The third-order valence-electron chi connectivity index (χ3n) is 7.67. The van der Waals surface area contributed by atoms with Gasteiger partial charge in [-0.2, -0.15) is 0 Å². The van der Waals surface area contributed by atoms with Crippen LogP contribution in [0.3, 0.4) is 0 Å². The van der Waals surface area contributed by atoms with Gasteiger partial charge in [-0.15, -0.1) is 0 Å². The molecule has 0 spiro atoms. The first-order valence-electron chi connectivity index (χ1n) is 13.7. The van der Waals surface area contributed by atoms with Crippen molar-refractivity contribution in [3.63, 3.8) is 0 Å². The van der Waals surface area contributed by atoms with Gasteiger partial charge in [-0.05, 0) is 6.42 Å². The number of nitrogens with two attached hydrogens (primary N) is 6. The van der Waals surface area contributed by atoms with E-state index in [1.54, 1.807) is 0 Å². The number of ether oxygens (including phenoxy) is 5. The fourth-order valence-corrected chi connectivity index (χ4v) is 5.24. The van der Waals surface area contributed by atoms with Crippen molar-refractivity contribution in [1.82, 2.24) is 4.90 Å². The van der Waals surface area contributed by atoms with Gasteiger partial charge in [-0.1, -0.05) is 0 Å². The predicted molar refractivity (Wildman–Crippen MR) is 140 cm³/mol. The molecule has 1 unspecified atom stereocenters. The lowest BCUT2D eigenvalue weighted by Gasteiger charge is -2.42. The van der Waals surface area contributed by atoms with E-state index in [2.05, 4.69) is 0 Å². The molecule has 17 N–H and O–H groups in total. The molecule has 17 nitrogen and oxygen atoms in total. The number of aliphatic hydroxyl groups excluding tert-OH is 5. The van der Waals surface area contributed by atoms with Crippen LogP contribution in [0, 0.1) is 0 Å². The molecule has 0 aromatic heterocycles. The minimum Gasteiger partial charge on any atom is -0.389 e. The Labute approximate surface area is 233 Å². The van der Waals surface area contributed by atoms with E-state index >= 15 is 0 Å². The first-order chi connectivity index (χ1) is 19.0. The average molecular weight is 584 g/mol. The average Bonchev–Trinajstić information content (AvgIpc) is 3.21. The van der Waals surface area contributed by atoms with Gasteiger partial charge in [-0.25, -0.2) is 0 Å². The number of rotatable bonds is 14. The molecule has 3 aliphatic rings. The Morgan fingerprint density at radius 1 is 0.675 bits per heavy atom. The summed E-state index contributed by atoms with van der Waals surface area (Å²) in [5.41, 5.74) is 34.9. The van der Waals surface area contributed by atoms with Crippen LogP contribution in [0.15, 0.2) is 0 Å². The number of hydrogen-bond acceptors (Lipinski definition) is 17. The number of hydrogen-bond donors (Lipinski definition) is 11. The molecule has 0 radical (unpaired) electrons. The summed E-state index contributed by atoms with van der Waals surface area (Å²) in [5, 5.41) is 52.8. The Balaban J connectivity index is 1.71. The zero-order valence-corrected chi connectivity index (χ0v) is 22.6. The molecule has 1 saturated carbocycles. The first-order valence-corrected chi connectivity index (χ1v) is 13.7. The molecule has 1 aliphatic carbocycles. The second kappa shape index (κ2) is 15.7. The van der Waals surface area contributed by atoms with Gasteiger partial charge >= 0.3 is 0 Å². The van der Waals surface area contributed by atoms with Gasteiger partial charge in [0.05, 0.1) is 31.5 Å². The molecule has 3 rings (SSSR count). The summed E-state index contributed by atoms with van der Waals surface area (Å²) in [6.07, 6.45) is -13.5. The molecule has 0 bridgehead atoms. The quantitative estimate of drug-likeness (QED) is 0.0846. The smallest absolute Gasteiger partial charge is 0.187 e. The highest BCUT2D eigenvalue weighted by Crippen LogP contribution is 2.32. The van der Waals surface area contributed by atoms with E-state index in [-0.39, 0.29) is 26.2 Å². The van der Waals surface area contributed by atoms with Crippen LogP contribution in [0.1, 0.15) is 6.42 Å². The van der Waals surface area contributed by atoms with Crippen LogP contribution in [-0.2, 0) is 23.7 Å². The third kappa shape index (κ3) is 8.03. The number of nitrogens with zero attached hydrogens (tertiary/aromatic N) is 1. The maximum Gasteiger partial charge on any atom is 0.187 e. The molecule has 3 fully saturated rings. The van der Waals surface area contributed by atoms with Crippen molar-refractivity contribution in [3.8, 4) is 0 Å². The zero-order chi connectivity index (χ0) is 29.6. The molecule has 2 aliphatic heterocycles. The Morgan fingerprint density at radius 3 is 1.82 bits per heavy atom. The monoisotopic (exact) mass is 583 g/mol. The van der Waals surface area contributed by atoms with Gasteiger partial charge in [0, 0.05) is 51.4 Å². The van der Waals surface area contributed by atoms with Crippen molar-refractivity contribution in [1.29, 1.82) is 0 Å². The van der Waals surface area contributed by atoms with Gasteiger partial charge in [0.1, 0.15) is 42.7 Å². The SMILES string of the molecule is NCCN(CCN)CCOC[C@H]1O[C@@H](OC2[C@@H](O)[C@H](N)C[C@H](N)[C@H]2O)[C@H](O)[C@@H]1O[C@@H]1O[C@H](CN)[C@H](O)[C@@H](O)[C@@H]1N. The minimum absolute atomic E-state index is 0.0526. The topological polar surface area (TPSA) is 307 Å². The van der Waals surface area contributed by atoms with Gasteiger partial charge in [0.2, 0.25) is 0 Å². The molecule has 2 saturated heterocycles. The molecule has 17 heteroatoms. The van der Waals surface area contributed by atoms with E-state index in [0.717, 1.165) is 0 Å². The standard InChI is InChI=1S/C23H49N7O10/c24-1-3-30(4-2-25)5-6-36-9-13-20(39-22-14(29)18(34)17(33)12(8-26)37-22)19(35)23(38-13)40-21-15(31)10(27)7-11(28)16(21)32/h10-23,31-35H,1-9,24-29H2/t10-,11+,12-,13-,14+,15+,16-,17+,18+,19-,20-,21?,22+,23+/m1/s1. The summed E-state index contributed by atoms with van der Waals surface area (Å²) in [7, 11) is 0. The fourth-order valence-electron chi connectivity index (χ4n) is 5.24. The van der Waals surface area contributed by atoms with E-state index in [9.17, 15) is 25.5 Å². The van der Waals surface area contributed by atoms with E-state index in [4.69, 9.17) is 58.1 Å². The van der Waals surface area contributed by atoms with Crippen LogP contribution in [0.4, 0.5) is 0 Å². The predicted octanol–water partition coefficient (Wildman–Crippen LogP) is -7.41. The number of aliphatic hydroxyl groups is 5. The minimum atomic E-state index is -1.47. The highest BCUT2D eigenvalue weighted by atomic mass is 16.8. The summed E-state index contributed by atoms with van der Waals surface area (Å²) in [4.78, 5) is 2.04. The lowest BCUT2D eigenvalue weighted by Crippen LogP contribution is -2.64. The second-order valence-corrected chi connectivity index (χ2v) is 10.6. The van der Waals surface area contributed by atoms with Crippen LogP contribution < -0.4 is 34.4 Å². The fraction of sp³-hybridized carbons (Fsp3) is 1.00. The highest BCUT2D eigenvalue weighted by Gasteiger charge is 2.52. The van der Waals surface area contributed by atoms with Crippen molar-refractivity contribution in [2.45, 2.75) is 92.1 Å². The van der Waals surface area contributed by atoms with Gasteiger partial charge in [0.15, 0.2) is 12.6 Å². The van der Waals surface area contributed by atoms with E-state index in [1.807, 2.05) is 4.90 Å². The summed E-state index contributed by atoms with van der Waals surface area (Å²) >= 11 is 0. The molecule has 40 heavy (non-hydrogen) atoms. The van der Waals surface area contributed by atoms with Crippen molar-refractivity contribution in [2.75, 3.05) is 52.5 Å². The zero-order valence-electron chi connectivity index (χ0n) is 22.6. The molecular weight excluding hydrogens is 534 g/mol. The summed E-state index contributed by atoms with van der Waals surface area (Å²) in [5.74, 6) is 0. The molecule has 2 heterocycles. The van der Waals surface area contributed by atoms with Crippen LogP contribution >= 0.6 is 0 Å². The molecular formula is C23H49N7O10. The molecule has 14 atom stereocenters. The normalized spacial score (nSPS) is 44.4.